The highest BCUT2D eigenvalue weighted by atomic mass is 127. The van der Waals surface area contributed by atoms with Gasteiger partial charge in [-0.3, -0.25) is 4.99 Å². The highest BCUT2D eigenvalue weighted by Crippen LogP contribution is 2.39. The second-order valence-corrected chi connectivity index (χ2v) is 5.77. The molecule has 2 N–H and O–H groups in total. The maximum absolute atomic E-state index is 5.38. The molecule has 0 aliphatic heterocycles. The molecule has 2 rings (SSSR count). The highest BCUT2D eigenvalue weighted by Gasteiger charge is 2.13. The van der Waals surface area contributed by atoms with Crippen molar-refractivity contribution in [1.82, 2.24) is 5.32 Å². The van der Waals surface area contributed by atoms with Crippen molar-refractivity contribution in [2.75, 3.05) is 40.2 Å². The predicted octanol–water partition coefficient (Wildman–Crippen LogP) is 3.87. The number of halogens is 1. The normalized spacial score (nSPS) is 10.6. The van der Waals surface area contributed by atoms with Gasteiger partial charge in [-0.25, -0.2) is 0 Å². The third-order valence-corrected chi connectivity index (χ3v) is 3.98. The molecule has 0 unspecified atom stereocenters. The van der Waals surface area contributed by atoms with E-state index in [9.17, 15) is 0 Å². The summed E-state index contributed by atoms with van der Waals surface area (Å²) in [6.07, 6.45) is 0.913. The van der Waals surface area contributed by atoms with Crippen LogP contribution in [0.25, 0.3) is 0 Å². The molecular formula is C20H28IN3O3. The number of anilines is 1. The second kappa shape index (κ2) is 11.5. The molecule has 0 radical (unpaired) electrons. The van der Waals surface area contributed by atoms with Crippen molar-refractivity contribution in [3.8, 4) is 17.2 Å². The van der Waals surface area contributed by atoms with Crippen molar-refractivity contribution < 1.29 is 14.2 Å². The van der Waals surface area contributed by atoms with Gasteiger partial charge in [0.25, 0.3) is 0 Å². The fourth-order valence-corrected chi connectivity index (χ4v) is 2.55. The minimum atomic E-state index is 0. The summed E-state index contributed by atoms with van der Waals surface area (Å²) in [5.41, 5.74) is 3.34. The summed E-state index contributed by atoms with van der Waals surface area (Å²) < 4.78 is 16.1. The highest BCUT2D eigenvalue weighted by molar-refractivity contribution is 14.0. The number of nitrogens with zero attached hydrogens (tertiary/aromatic N) is 1. The van der Waals surface area contributed by atoms with Gasteiger partial charge in [-0.05, 0) is 18.9 Å². The summed E-state index contributed by atoms with van der Waals surface area (Å²) >= 11 is 0. The topological polar surface area (TPSA) is 64.1 Å². The molecule has 0 heterocycles. The van der Waals surface area contributed by atoms with Gasteiger partial charge in [0.15, 0.2) is 17.5 Å². The molecule has 0 atom stereocenters. The molecule has 0 aromatic heterocycles. The average molecular weight is 485 g/mol. The molecule has 0 spiro atoms. The molecule has 2 aromatic rings. The van der Waals surface area contributed by atoms with Gasteiger partial charge in [-0.15, -0.1) is 24.0 Å². The number of aryl methyl sites for hydroxylation is 1. The number of nitrogens with one attached hydrogen (secondary N) is 2. The van der Waals surface area contributed by atoms with Crippen molar-refractivity contribution in [3.05, 3.63) is 47.5 Å². The third-order valence-electron chi connectivity index (χ3n) is 3.98. The van der Waals surface area contributed by atoms with E-state index in [-0.39, 0.29) is 24.0 Å². The number of aliphatic imine (C=N–C) groups is 1. The molecule has 7 heteroatoms. The van der Waals surface area contributed by atoms with Crippen LogP contribution in [-0.4, -0.2) is 40.9 Å². The Hall–Kier alpha value is -2.16. The van der Waals surface area contributed by atoms with E-state index in [1.807, 2.05) is 12.1 Å². The molecular weight excluding hydrogens is 457 g/mol. The van der Waals surface area contributed by atoms with Crippen LogP contribution in [0.2, 0.25) is 0 Å². The summed E-state index contributed by atoms with van der Waals surface area (Å²) in [5, 5.41) is 6.56. The number of hydrogen-bond donors (Lipinski definition) is 2. The van der Waals surface area contributed by atoms with E-state index in [1.54, 1.807) is 28.4 Å². The van der Waals surface area contributed by atoms with Gasteiger partial charge in [-0.2, -0.15) is 0 Å². The van der Waals surface area contributed by atoms with Crippen molar-refractivity contribution in [2.45, 2.75) is 13.3 Å². The lowest BCUT2D eigenvalue weighted by atomic mass is 10.1. The largest absolute Gasteiger partial charge is 0.493 e. The van der Waals surface area contributed by atoms with Gasteiger partial charge in [-0.1, -0.05) is 29.8 Å². The number of benzene rings is 2. The number of guanidine groups is 1. The SMILES string of the molecule is CN=C(NCCc1ccc(C)cc1)Nc1cc(OC)c(OC)c(OC)c1.I. The van der Waals surface area contributed by atoms with Crippen molar-refractivity contribution in [3.63, 3.8) is 0 Å². The molecule has 0 aliphatic carbocycles. The van der Waals surface area contributed by atoms with Gasteiger partial charge < -0.3 is 24.8 Å². The predicted molar refractivity (Wildman–Crippen MR) is 121 cm³/mol. The summed E-state index contributed by atoms with van der Waals surface area (Å²) in [4.78, 5) is 4.26. The summed E-state index contributed by atoms with van der Waals surface area (Å²) in [6.45, 7) is 2.86. The van der Waals surface area contributed by atoms with Crippen LogP contribution in [0.1, 0.15) is 11.1 Å². The molecule has 0 fully saturated rings. The lowest BCUT2D eigenvalue weighted by molar-refractivity contribution is 0.324. The lowest BCUT2D eigenvalue weighted by Crippen LogP contribution is -2.32. The van der Waals surface area contributed by atoms with Gasteiger partial charge in [0.1, 0.15) is 0 Å². The first-order chi connectivity index (χ1) is 12.6. The Balaban J connectivity index is 0.00000364. The van der Waals surface area contributed by atoms with E-state index in [1.165, 1.54) is 11.1 Å². The van der Waals surface area contributed by atoms with Gasteiger partial charge in [0.2, 0.25) is 5.75 Å². The van der Waals surface area contributed by atoms with Crippen molar-refractivity contribution in [1.29, 1.82) is 0 Å². The van der Waals surface area contributed by atoms with E-state index in [0.717, 1.165) is 18.7 Å². The quantitative estimate of drug-likeness (QED) is 0.354. The molecule has 0 amide bonds. The summed E-state index contributed by atoms with van der Waals surface area (Å²) in [7, 11) is 6.50. The Morgan fingerprint density at radius 2 is 1.56 bits per heavy atom. The average Bonchev–Trinajstić information content (AvgIpc) is 2.67. The van der Waals surface area contributed by atoms with E-state index in [2.05, 4.69) is 46.8 Å². The zero-order valence-electron chi connectivity index (χ0n) is 16.5. The smallest absolute Gasteiger partial charge is 0.203 e. The van der Waals surface area contributed by atoms with Crippen LogP contribution in [0.15, 0.2) is 41.4 Å². The van der Waals surface area contributed by atoms with E-state index >= 15 is 0 Å². The molecule has 0 saturated heterocycles. The van der Waals surface area contributed by atoms with Crippen molar-refractivity contribution in [2.24, 2.45) is 4.99 Å². The first kappa shape index (κ1) is 22.9. The first-order valence-corrected chi connectivity index (χ1v) is 8.44. The maximum Gasteiger partial charge on any atom is 0.203 e. The zero-order chi connectivity index (χ0) is 18.9. The Kier molecular flexibility index (Phi) is 9.77. The Bertz CT molecular complexity index is 724. The molecule has 0 saturated carbocycles. The van der Waals surface area contributed by atoms with Gasteiger partial charge >= 0.3 is 0 Å². The Morgan fingerprint density at radius 3 is 2.04 bits per heavy atom. The zero-order valence-corrected chi connectivity index (χ0v) is 18.8. The second-order valence-electron chi connectivity index (χ2n) is 5.77. The van der Waals surface area contributed by atoms with E-state index in [0.29, 0.717) is 23.2 Å². The van der Waals surface area contributed by atoms with Gasteiger partial charge in [0, 0.05) is 31.4 Å². The number of ether oxygens (including phenoxy) is 3. The lowest BCUT2D eigenvalue weighted by Gasteiger charge is -2.16. The van der Waals surface area contributed by atoms with Crippen LogP contribution in [0, 0.1) is 6.92 Å². The van der Waals surface area contributed by atoms with Crippen LogP contribution in [0.5, 0.6) is 17.2 Å². The Morgan fingerprint density at radius 1 is 0.963 bits per heavy atom. The molecule has 6 nitrogen and oxygen atoms in total. The van der Waals surface area contributed by atoms with Crippen LogP contribution < -0.4 is 24.8 Å². The van der Waals surface area contributed by atoms with Crippen molar-refractivity contribution >= 4 is 35.6 Å². The minimum absolute atomic E-state index is 0. The van der Waals surface area contributed by atoms with Crippen LogP contribution >= 0.6 is 24.0 Å². The number of rotatable bonds is 7. The Labute approximate surface area is 178 Å². The third kappa shape index (κ3) is 6.50. The molecule has 148 valence electrons. The fraction of sp³-hybridized carbons (Fsp3) is 0.350. The summed E-state index contributed by atoms with van der Waals surface area (Å²) in [5.74, 6) is 2.41. The molecule has 27 heavy (non-hydrogen) atoms. The maximum atomic E-state index is 5.38. The monoisotopic (exact) mass is 485 g/mol. The van der Waals surface area contributed by atoms with Crippen LogP contribution in [0.4, 0.5) is 5.69 Å². The number of hydrogen-bond acceptors (Lipinski definition) is 4. The van der Waals surface area contributed by atoms with E-state index in [4.69, 9.17) is 14.2 Å². The standard InChI is InChI=1S/C20H27N3O3.HI/c1-14-6-8-15(9-7-14)10-11-22-20(21-2)23-16-12-17(24-3)19(26-5)18(13-16)25-4;/h6-9,12-13H,10-11H2,1-5H3,(H2,21,22,23);1H. The molecule has 0 bridgehead atoms. The van der Waals surface area contributed by atoms with Crippen LogP contribution in [-0.2, 0) is 6.42 Å². The summed E-state index contributed by atoms with van der Waals surface area (Å²) in [6, 6.07) is 12.2. The van der Waals surface area contributed by atoms with Gasteiger partial charge in [0.05, 0.1) is 21.3 Å². The first-order valence-electron chi connectivity index (χ1n) is 8.44. The van der Waals surface area contributed by atoms with Crippen LogP contribution in [0.3, 0.4) is 0 Å². The van der Waals surface area contributed by atoms with E-state index < -0.39 is 0 Å². The molecule has 2 aromatic carbocycles. The number of methoxy groups -OCH3 is 3. The molecule has 0 aliphatic rings. The fourth-order valence-electron chi connectivity index (χ4n) is 2.55. The minimum Gasteiger partial charge on any atom is -0.493 e.